The molecular weight excluding hydrogens is 272 g/mol. The van der Waals surface area contributed by atoms with Gasteiger partial charge in [0.05, 0.1) is 11.6 Å². The zero-order valence-corrected chi connectivity index (χ0v) is 12.8. The van der Waals surface area contributed by atoms with Crippen LogP contribution in [-0.2, 0) is 0 Å². The van der Waals surface area contributed by atoms with E-state index >= 15 is 0 Å². The van der Waals surface area contributed by atoms with E-state index in [1.54, 1.807) is 24.3 Å². The van der Waals surface area contributed by atoms with Gasteiger partial charge in [-0.3, -0.25) is 0 Å². The molecule has 2 unspecified atom stereocenters. The summed E-state index contributed by atoms with van der Waals surface area (Å²) < 4.78 is 5.47. The van der Waals surface area contributed by atoms with Crippen LogP contribution >= 0.6 is 11.8 Å². The van der Waals surface area contributed by atoms with Crippen LogP contribution < -0.4 is 10.1 Å². The van der Waals surface area contributed by atoms with Crippen molar-refractivity contribution in [1.29, 1.82) is 5.26 Å². The van der Waals surface area contributed by atoms with E-state index in [1.165, 1.54) is 0 Å². The lowest BCUT2D eigenvalue weighted by molar-refractivity contribution is 0.106. The van der Waals surface area contributed by atoms with E-state index < -0.39 is 6.10 Å². The van der Waals surface area contributed by atoms with Crippen molar-refractivity contribution in [3.63, 3.8) is 0 Å². The fraction of sp³-hybridized carbons (Fsp3) is 0.533. The number of nitriles is 1. The number of ether oxygens (including phenoxy) is 1. The van der Waals surface area contributed by atoms with Gasteiger partial charge in [-0.05, 0) is 42.7 Å². The van der Waals surface area contributed by atoms with E-state index in [1.807, 2.05) is 11.8 Å². The zero-order chi connectivity index (χ0) is 14.8. The predicted molar refractivity (Wildman–Crippen MR) is 83.1 cm³/mol. The predicted octanol–water partition coefficient (Wildman–Crippen LogP) is 1.89. The van der Waals surface area contributed by atoms with Crippen molar-refractivity contribution in [2.24, 2.45) is 5.92 Å². The minimum atomic E-state index is -0.553. The monoisotopic (exact) mass is 294 g/mol. The minimum Gasteiger partial charge on any atom is -0.491 e. The quantitative estimate of drug-likeness (QED) is 0.728. The maximum atomic E-state index is 9.82. The lowest BCUT2D eigenvalue weighted by atomic mass is 10.2. The third kappa shape index (κ3) is 6.80. The molecule has 0 amide bonds. The first kappa shape index (κ1) is 16.8. The Morgan fingerprint density at radius 2 is 2.25 bits per heavy atom. The fourth-order valence-electron chi connectivity index (χ4n) is 1.75. The number of rotatable bonds is 9. The second-order valence-electron chi connectivity index (χ2n) is 4.82. The Morgan fingerprint density at radius 1 is 1.45 bits per heavy atom. The molecule has 0 fully saturated rings. The number of hydrogen-bond donors (Lipinski definition) is 2. The Hall–Kier alpha value is -1.22. The SMILES string of the molecule is CSCC(C)CNCC(O)COc1cccc(C#N)c1. The van der Waals surface area contributed by atoms with Crippen LogP contribution in [0.15, 0.2) is 24.3 Å². The van der Waals surface area contributed by atoms with Crippen LogP contribution in [0.1, 0.15) is 12.5 Å². The van der Waals surface area contributed by atoms with Crippen LogP contribution in [0.2, 0.25) is 0 Å². The lowest BCUT2D eigenvalue weighted by Gasteiger charge is -2.15. The number of hydrogen-bond acceptors (Lipinski definition) is 5. The van der Waals surface area contributed by atoms with Crippen molar-refractivity contribution in [2.45, 2.75) is 13.0 Å². The summed E-state index contributed by atoms with van der Waals surface area (Å²) in [5.41, 5.74) is 0.556. The molecule has 0 aromatic heterocycles. The van der Waals surface area contributed by atoms with E-state index in [0.29, 0.717) is 23.8 Å². The molecular formula is C15H22N2O2S. The smallest absolute Gasteiger partial charge is 0.120 e. The molecule has 0 radical (unpaired) electrons. The normalized spacial score (nSPS) is 13.5. The molecule has 1 rings (SSSR count). The number of aliphatic hydroxyl groups excluding tert-OH is 1. The lowest BCUT2D eigenvalue weighted by Crippen LogP contribution is -2.34. The van der Waals surface area contributed by atoms with Crippen molar-refractivity contribution in [2.75, 3.05) is 31.7 Å². The molecule has 0 aliphatic rings. The van der Waals surface area contributed by atoms with E-state index in [0.717, 1.165) is 12.3 Å². The van der Waals surface area contributed by atoms with Crippen LogP contribution in [0, 0.1) is 17.2 Å². The van der Waals surface area contributed by atoms with Gasteiger partial charge in [-0.1, -0.05) is 13.0 Å². The molecule has 0 aliphatic heterocycles. The Balaban J connectivity index is 2.22. The Bertz CT molecular complexity index is 434. The van der Waals surface area contributed by atoms with Crippen molar-refractivity contribution in [3.8, 4) is 11.8 Å². The summed E-state index contributed by atoms with van der Waals surface area (Å²) in [6.45, 7) is 3.80. The van der Waals surface area contributed by atoms with E-state index in [4.69, 9.17) is 10.00 Å². The molecule has 5 heteroatoms. The van der Waals surface area contributed by atoms with Gasteiger partial charge < -0.3 is 15.2 Å². The van der Waals surface area contributed by atoms with Gasteiger partial charge in [0.1, 0.15) is 18.5 Å². The molecule has 0 bridgehead atoms. The molecule has 2 N–H and O–H groups in total. The first-order valence-electron chi connectivity index (χ1n) is 6.66. The highest BCUT2D eigenvalue weighted by Gasteiger charge is 2.07. The summed E-state index contributed by atoms with van der Waals surface area (Å²) in [5, 5.41) is 21.8. The van der Waals surface area contributed by atoms with Crippen LogP contribution in [0.5, 0.6) is 5.75 Å². The average molecular weight is 294 g/mol. The van der Waals surface area contributed by atoms with Crippen molar-refractivity contribution in [1.82, 2.24) is 5.32 Å². The first-order valence-corrected chi connectivity index (χ1v) is 8.05. The van der Waals surface area contributed by atoms with Crippen molar-refractivity contribution >= 4 is 11.8 Å². The third-order valence-corrected chi connectivity index (χ3v) is 3.63. The summed E-state index contributed by atoms with van der Waals surface area (Å²) in [7, 11) is 0. The number of aliphatic hydroxyl groups is 1. The summed E-state index contributed by atoms with van der Waals surface area (Å²) in [6, 6.07) is 8.99. The van der Waals surface area contributed by atoms with Gasteiger partial charge in [-0.25, -0.2) is 0 Å². The largest absolute Gasteiger partial charge is 0.491 e. The highest BCUT2D eigenvalue weighted by molar-refractivity contribution is 7.98. The highest BCUT2D eigenvalue weighted by Crippen LogP contribution is 2.12. The standard InChI is InChI=1S/C15H22N2O2S/c1-12(11-20-2)8-17-9-14(18)10-19-15-5-3-4-13(6-15)7-16/h3-6,12,14,17-18H,8-11H2,1-2H3. The van der Waals surface area contributed by atoms with Crippen LogP contribution in [0.3, 0.4) is 0 Å². The van der Waals surface area contributed by atoms with Gasteiger partial charge in [0.25, 0.3) is 0 Å². The van der Waals surface area contributed by atoms with E-state index in [9.17, 15) is 5.11 Å². The third-order valence-electron chi connectivity index (χ3n) is 2.73. The van der Waals surface area contributed by atoms with Crippen LogP contribution in [-0.4, -0.2) is 42.9 Å². The number of thioether (sulfide) groups is 1. The number of nitrogens with zero attached hydrogens (tertiary/aromatic N) is 1. The molecule has 0 spiro atoms. The second-order valence-corrected chi connectivity index (χ2v) is 5.73. The second kappa shape index (κ2) is 9.65. The topological polar surface area (TPSA) is 65.3 Å². The summed E-state index contributed by atoms with van der Waals surface area (Å²) in [4.78, 5) is 0. The average Bonchev–Trinajstić information content (AvgIpc) is 2.45. The number of benzene rings is 1. The first-order chi connectivity index (χ1) is 9.65. The zero-order valence-electron chi connectivity index (χ0n) is 12.0. The Labute approximate surface area is 125 Å². The molecule has 0 saturated heterocycles. The molecule has 20 heavy (non-hydrogen) atoms. The highest BCUT2D eigenvalue weighted by atomic mass is 32.2. The van der Waals surface area contributed by atoms with Crippen molar-refractivity contribution < 1.29 is 9.84 Å². The van der Waals surface area contributed by atoms with Crippen LogP contribution in [0.25, 0.3) is 0 Å². The Kier molecular flexibility index (Phi) is 8.12. The fourth-order valence-corrected chi connectivity index (χ4v) is 2.43. The molecule has 1 aromatic rings. The minimum absolute atomic E-state index is 0.221. The Morgan fingerprint density at radius 3 is 2.95 bits per heavy atom. The molecule has 0 heterocycles. The van der Waals surface area contributed by atoms with E-state index in [2.05, 4.69) is 24.6 Å². The van der Waals surface area contributed by atoms with Gasteiger partial charge in [0.2, 0.25) is 0 Å². The van der Waals surface area contributed by atoms with Gasteiger partial charge >= 0.3 is 0 Å². The molecule has 2 atom stereocenters. The maximum Gasteiger partial charge on any atom is 0.120 e. The molecule has 0 saturated carbocycles. The van der Waals surface area contributed by atoms with Crippen LogP contribution in [0.4, 0.5) is 0 Å². The molecule has 110 valence electrons. The summed E-state index contributed by atoms with van der Waals surface area (Å²) in [6.07, 6.45) is 1.54. The van der Waals surface area contributed by atoms with Gasteiger partial charge in [0, 0.05) is 6.54 Å². The van der Waals surface area contributed by atoms with Gasteiger partial charge in [-0.2, -0.15) is 17.0 Å². The van der Waals surface area contributed by atoms with Gasteiger partial charge in [0.15, 0.2) is 0 Å². The number of nitrogens with one attached hydrogen (secondary N) is 1. The van der Waals surface area contributed by atoms with E-state index in [-0.39, 0.29) is 6.61 Å². The van der Waals surface area contributed by atoms with Gasteiger partial charge in [-0.15, -0.1) is 0 Å². The molecule has 4 nitrogen and oxygen atoms in total. The molecule has 1 aromatic carbocycles. The summed E-state index contributed by atoms with van der Waals surface area (Å²) in [5.74, 6) is 2.31. The maximum absolute atomic E-state index is 9.82. The van der Waals surface area contributed by atoms with Crippen molar-refractivity contribution in [3.05, 3.63) is 29.8 Å². The summed E-state index contributed by atoms with van der Waals surface area (Å²) >= 11 is 1.83. The molecule has 0 aliphatic carbocycles.